The standard InChI is InChI=1S/C27H38N2/c1-8-13-14-27(25-17-15-23(19-21(25)6)28(9-2)10-3)26-18-16-24(20-22(26)7)29(11-4)12-5/h8,13-20H,9-12H2,1-7H3. The van der Waals surface area contributed by atoms with E-state index in [1.165, 1.54) is 39.2 Å². The maximum atomic E-state index is 2.40. The summed E-state index contributed by atoms with van der Waals surface area (Å²) >= 11 is 0. The van der Waals surface area contributed by atoms with E-state index in [1.54, 1.807) is 0 Å². The minimum absolute atomic E-state index is 1.03. The summed E-state index contributed by atoms with van der Waals surface area (Å²) in [5.41, 5.74) is 9.13. The molecular formula is C27H38N2. The van der Waals surface area contributed by atoms with Crippen molar-refractivity contribution in [3.63, 3.8) is 0 Å². The predicted octanol–water partition coefficient (Wildman–Crippen LogP) is 7.00. The molecule has 2 aromatic rings. The molecule has 0 fully saturated rings. The van der Waals surface area contributed by atoms with Crippen LogP contribution in [0.25, 0.3) is 5.57 Å². The number of nitrogens with zero attached hydrogens (tertiary/aromatic N) is 2. The van der Waals surface area contributed by atoms with Crippen molar-refractivity contribution in [2.24, 2.45) is 0 Å². The van der Waals surface area contributed by atoms with Crippen molar-refractivity contribution >= 4 is 16.9 Å². The normalized spacial score (nSPS) is 11.0. The second-order valence-electron chi connectivity index (χ2n) is 7.45. The number of benzene rings is 2. The van der Waals surface area contributed by atoms with Crippen molar-refractivity contribution in [1.29, 1.82) is 0 Å². The number of hydrogen-bond acceptors (Lipinski definition) is 2. The fourth-order valence-corrected chi connectivity index (χ4v) is 3.99. The Hall–Kier alpha value is -2.48. The van der Waals surface area contributed by atoms with Gasteiger partial charge in [0.15, 0.2) is 0 Å². The van der Waals surface area contributed by atoms with Gasteiger partial charge in [0.25, 0.3) is 0 Å². The zero-order chi connectivity index (χ0) is 21.4. The molecule has 0 heterocycles. The van der Waals surface area contributed by atoms with Crippen LogP contribution >= 0.6 is 0 Å². The van der Waals surface area contributed by atoms with Gasteiger partial charge >= 0.3 is 0 Å². The lowest BCUT2D eigenvalue weighted by atomic mass is 9.90. The fraction of sp³-hybridized carbons (Fsp3) is 0.407. The highest BCUT2D eigenvalue weighted by molar-refractivity contribution is 5.85. The van der Waals surface area contributed by atoms with E-state index in [9.17, 15) is 0 Å². The molecule has 156 valence electrons. The van der Waals surface area contributed by atoms with E-state index in [2.05, 4.69) is 113 Å². The lowest BCUT2D eigenvalue weighted by molar-refractivity contribution is 0.865. The summed E-state index contributed by atoms with van der Waals surface area (Å²) in [5, 5.41) is 0. The van der Waals surface area contributed by atoms with E-state index in [4.69, 9.17) is 0 Å². The van der Waals surface area contributed by atoms with Crippen LogP contribution in [-0.2, 0) is 0 Å². The van der Waals surface area contributed by atoms with Crippen LogP contribution < -0.4 is 9.80 Å². The first kappa shape index (κ1) is 22.8. The van der Waals surface area contributed by atoms with Crippen LogP contribution in [0, 0.1) is 13.8 Å². The number of anilines is 2. The van der Waals surface area contributed by atoms with Crippen LogP contribution in [0.1, 0.15) is 56.9 Å². The van der Waals surface area contributed by atoms with Crippen LogP contribution in [0.15, 0.2) is 54.6 Å². The molecule has 2 rings (SSSR count). The van der Waals surface area contributed by atoms with Crippen molar-refractivity contribution in [1.82, 2.24) is 0 Å². The van der Waals surface area contributed by atoms with E-state index >= 15 is 0 Å². The Morgan fingerprint density at radius 1 is 0.724 bits per heavy atom. The molecule has 29 heavy (non-hydrogen) atoms. The van der Waals surface area contributed by atoms with E-state index in [0.717, 1.165) is 26.2 Å². The van der Waals surface area contributed by atoms with Crippen LogP contribution in [0.2, 0.25) is 0 Å². The monoisotopic (exact) mass is 390 g/mol. The summed E-state index contributed by atoms with van der Waals surface area (Å²) in [6.07, 6.45) is 6.49. The molecular weight excluding hydrogens is 352 g/mol. The molecule has 0 aliphatic rings. The average Bonchev–Trinajstić information content (AvgIpc) is 2.72. The van der Waals surface area contributed by atoms with Gasteiger partial charge in [-0.3, -0.25) is 0 Å². The van der Waals surface area contributed by atoms with Gasteiger partial charge in [-0.05, 0) is 101 Å². The zero-order valence-corrected chi connectivity index (χ0v) is 19.4. The fourth-order valence-electron chi connectivity index (χ4n) is 3.99. The van der Waals surface area contributed by atoms with Gasteiger partial charge in [0.1, 0.15) is 0 Å². The maximum absolute atomic E-state index is 2.40. The Kier molecular flexibility index (Phi) is 8.57. The molecule has 0 spiro atoms. The lowest BCUT2D eigenvalue weighted by Crippen LogP contribution is -2.22. The molecule has 0 saturated carbocycles. The molecule has 0 bridgehead atoms. The molecule has 2 aromatic carbocycles. The van der Waals surface area contributed by atoms with Crippen LogP contribution in [-0.4, -0.2) is 26.2 Å². The highest BCUT2D eigenvalue weighted by atomic mass is 15.1. The Morgan fingerprint density at radius 3 is 1.45 bits per heavy atom. The minimum Gasteiger partial charge on any atom is -0.372 e. The summed E-state index contributed by atoms with van der Waals surface area (Å²) in [6, 6.07) is 13.7. The first-order valence-corrected chi connectivity index (χ1v) is 11.0. The molecule has 0 saturated heterocycles. The Morgan fingerprint density at radius 2 is 1.14 bits per heavy atom. The second kappa shape index (κ2) is 10.9. The lowest BCUT2D eigenvalue weighted by Gasteiger charge is -2.24. The topological polar surface area (TPSA) is 6.48 Å². The van der Waals surface area contributed by atoms with Gasteiger partial charge in [-0.2, -0.15) is 0 Å². The molecule has 0 aliphatic heterocycles. The molecule has 0 N–H and O–H groups in total. The second-order valence-corrected chi connectivity index (χ2v) is 7.45. The quantitative estimate of drug-likeness (QED) is 0.425. The van der Waals surface area contributed by atoms with Crippen molar-refractivity contribution in [3.05, 3.63) is 76.9 Å². The van der Waals surface area contributed by atoms with Gasteiger partial charge in [-0.15, -0.1) is 0 Å². The van der Waals surface area contributed by atoms with Gasteiger partial charge < -0.3 is 9.80 Å². The average molecular weight is 391 g/mol. The van der Waals surface area contributed by atoms with E-state index in [-0.39, 0.29) is 0 Å². The molecule has 0 aliphatic carbocycles. The first-order valence-electron chi connectivity index (χ1n) is 11.0. The SMILES string of the molecule is CC=CC=C(c1ccc(N(CC)CC)cc1C)c1ccc(N(CC)CC)cc1C. The molecule has 0 unspecified atom stereocenters. The number of rotatable bonds is 9. The number of hydrogen-bond donors (Lipinski definition) is 0. The minimum atomic E-state index is 1.03. The third-order valence-corrected chi connectivity index (χ3v) is 5.71. The summed E-state index contributed by atoms with van der Waals surface area (Å²) in [6.45, 7) is 19.5. The first-order chi connectivity index (χ1) is 14.0. The molecule has 0 aromatic heterocycles. The maximum Gasteiger partial charge on any atom is 0.0369 e. The number of aryl methyl sites for hydroxylation is 2. The van der Waals surface area contributed by atoms with Crippen molar-refractivity contribution in [3.8, 4) is 0 Å². The van der Waals surface area contributed by atoms with Gasteiger partial charge in [0, 0.05) is 37.6 Å². The van der Waals surface area contributed by atoms with Crippen LogP contribution in [0.4, 0.5) is 11.4 Å². The predicted molar refractivity (Wildman–Crippen MR) is 131 cm³/mol. The Bertz CT molecular complexity index is 789. The molecule has 2 heteroatoms. The van der Waals surface area contributed by atoms with Gasteiger partial charge in [-0.25, -0.2) is 0 Å². The van der Waals surface area contributed by atoms with Gasteiger partial charge in [-0.1, -0.05) is 30.4 Å². The smallest absolute Gasteiger partial charge is 0.0369 e. The number of allylic oxidation sites excluding steroid dienone is 3. The van der Waals surface area contributed by atoms with Gasteiger partial charge in [0.05, 0.1) is 0 Å². The Labute approximate surface area is 178 Å². The molecule has 2 nitrogen and oxygen atoms in total. The summed E-state index contributed by atoms with van der Waals surface area (Å²) in [5.74, 6) is 0. The van der Waals surface area contributed by atoms with E-state index in [0.29, 0.717) is 0 Å². The van der Waals surface area contributed by atoms with Crippen molar-refractivity contribution in [2.45, 2.75) is 48.5 Å². The third kappa shape index (κ3) is 5.32. The molecule has 0 amide bonds. The van der Waals surface area contributed by atoms with Crippen molar-refractivity contribution in [2.75, 3.05) is 36.0 Å². The summed E-state index contributed by atoms with van der Waals surface area (Å²) in [4.78, 5) is 4.80. The van der Waals surface area contributed by atoms with E-state index < -0.39 is 0 Å². The third-order valence-electron chi connectivity index (χ3n) is 5.71. The Balaban J connectivity index is 2.54. The summed E-state index contributed by atoms with van der Waals surface area (Å²) in [7, 11) is 0. The highest BCUT2D eigenvalue weighted by Gasteiger charge is 2.13. The zero-order valence-electron chi connectivity index (χ0n) is 19.4. The van der Waals surface area contributed by atoms with Crippen LogP contribution in [0.5, 0.6) is 0 Å². The van der Waals surface area contributed by atoms with E-state index in [1.807, 2.05) is 0 Å². The largest absolute Gasteiger partial charge is 0.372 e. The molecule has 0 atom stereocenters. The summed E-state index contributed by atoms with van der Waals surface area (Å²) < 4.78 is 0. The van der Waals surface area contributed by atoms with Crippen molar-refractivity contribution < 1.29 is 0 Å². The highest BCUT2D eigenvalue weighted by Crippen LogP contribution is 2.32. The molecule has 0 radical (unpaired) electrons. The van der Waals surface area contributed by atoms with Crippen LogP contribution in [0.3, 0.4) is 0 Å². The van der Waals surface area contributed by atoms with Gasteiger partial charge in [0.2, 0.25) is 0 Å².